The van der Waals surface area contributed by atoms with Crippen LogP contribution < -0.4 is 0 Å². The summed E-state index contributed by atoms with van der Waals surface area (Å²) in [7, 11) is 3.95. The summed E-state index contributed by atoms with van der Waals surface area (Å²) < 4.78 is 2.55. The first-order chi connectivity index (χ1) is 3.72. The summed E-state index contributed by atoms with van der Waals surface area (Å²) in [6.45, 7) is 4.57. The Labute approximate surface area is 57.6 Å². The van der Waals surface area contributed by atoms with Crippen molar-refractivity contribution in [2.45, 2.75) is 26.3 Å². The number of hydrogen-bond donors (Lipinski definition) is 0. The van der Waals surface area contributed by atoms with E-state index in [2.05, 4.69) is 25.5 Å². The van der Waals surface area contributed by atoms with E-state index in [1.807, 2.05) is 0 Å². The Morgan fingerprint density at radius 1 is 1.75 bits per heavy atom. The molecule has 1 atom stereocenters. The van der Waals surface area contributed by atoms with Gasteiger partial charge in [-0.15, -0.1) is 0 Å². The Kier molecular flexibility index (Phi) is 4.50. The predicted octanol–water partition coefficient (Wildman–Crippen LogP) is -0.919. The third-order valence-electron chi connectivity index (χ3n) is 1.84. The van der Waals surface area contributed by atoms with Gasteiger partial charge in [0.1, 0.15) is 0 Å². The van der Waals surface area contributed by atoms with Crippen LogP contribution in [0.3, 0.4) is 0 Å². The van der Waals surface area contributed by atoms with E-state index in [-0.39, 0.29) is 9.20 Å². The molecule has 1 nitrogen and oxygen atoms in total. The molecule has 0 saturated heterocycles. The summed E-state index contributed by atoms with van der Waals surface area (Å²) >= 11 is 0. The molecule has 0 aliphatic rings. The van der Waals surface area contributed by atoms with Crippen LogP contribution in [-0.4, -0.2) is 36.6 Å². The van der Waals surface area contributed by atoms with E-state index >= 15 is 0 Å². The van der Waals surface area contributed by atoms with E-state index in [4.69, 9.17) is 0 Å². The summed E-state index contributed by atoms with van der Waals surface area (Å²) in [4.78, 5) is 0. The topological polar surface area (TPSA) is 3.24 Å². The van der Waals surface area contributed by atoms with Crippen LogP contribution in [0.15, 0.2) is 0 Å². The highest BCUT2D eigenvalue weighted by Crippen LogP contribution is 1.95. The molecule has 0 N–H and O–H groups in total. The Morgan fingerprint density at radius 2 is 2.25 bits per heavy atom. The lowest BCUT2D eigenvalue weighted by Crippen LogP contribution is -2.32. The van der Waals surface area contributed by atoms with Crippen LogP contribution >= 0.6 is 0 Å². The van der Waals surface area contributed by atoms with Gasteiger partial charge in [0, 0.05) is 9.76 Å². The maximum Gasteiger partial charge on any atom is 0.0756 e. The van der Waals surface area contributed by atoms with Crippen LogP contribution in [0.25, 0.3) is 0 Å². The van der Waals surface area contributed by atoms with Gasteiger partial charge < -0.3 is 4.57 Å². The minimum Gasteiger partial charge on any atom is -0.333 e. The van der Waals surface area contributed by atoms with Crippen molar-refractivity contribution in [3.63, 3.8) is 0 Å². The molecule has 0 spiro atoms. The minimum atomic E-state index is 0.252. The zero-order chi connectivity index (χ0) is 6.57. The van der Waals surface area contributed by atoms with Crippen molar-refractivity contribution in [2.24, 2.45) is 0 Å². The molecule has 0 aromatic rings. The van der Waals surface area contributed by atoms with E-state index in [0.717, 1.165) is 6.04 Å². The average Bonchev–Trinajstić information content (AvgIpc) is 1.84. The van der Waals surface area contributed by atoms with E-state index in [0.29, 0.717) is 0 Å². The van der Waals surface area contributed by atoms with Crippen molar-refractivity contribution in [3.8, 4) is 0 Å². The van der Waals surface area contributed by atoms with E-state index in [9.17, 15) is 0 Å². The Balaban J connectivity index is 3.29. The molecule has 0 heterocycles. The molecule has 0 aromatic heterocycles. The molecule has 0 rings (SSSR count). The van der Waals surface area contributed by atoms with Gasteiger partial charge in [-0.25, -0.2) is 0 Å². The SMILES string of the molecule is CCC(C)N(C)[SiH2][SiH3]. The molecule has 3 heteroatoms. The molecule has 0 aromatic carbocycles. The van der Waals surface area contributed by atoms with Crippen LogP contribution in [0, 0.1) is 0 Å². The van der Waals surface area contributed by atoms with Crippen LogP contribution in [0.1, 0.15) is 20.3 Å². The monoisotopic (exact) mass is 147 g/mol. The van der Waals surface area contributed by atoms with Gasteiger partial charge in [0.15, 0.2) is 0 Å². The molecular formula is C5H17NSi2. The Bertz CT molecular complexity index is 50.4. The lowest BCUT2D eigenvalue weighted by molar-refractivity contribution is 0.407. The van der Waals surface area contributed by atoms with Gasteiger partial charge in [-0.2, -0.15) is 0 Å². The molecule has 0 radical (unpaired) electrons. The molecule has 8 heavy (non-hydrogen) atoms. The fourth-order valence-electron chi connectivity index (χ4n) is 0.623. The maximum atomic E-state index is 2.55. The molecule has 0 fully saturated rings. The van der Waals surface area contributed by atoms with Gasteiger partial charge in [-0.05, 0) is 19.5 Å². The smallest absolute Gasteiger partial charge is 0.0756 e. The third-order valence-corrected chi connectivity index (χ3v) is 6.46. The van der Waals surface area contributed by atoms with Crippen molar-refractivity contribution in [1.29, 1.82) is 0 Å². The third kappa shape index (κ3) is 2.64. The van der Waals surface area contributed by atoms with E-state index < -0.39 is 0 Å². The highest BCUT2D eigenvalue weighted by molar-refractivity contribution is 6.87. The Hall–Kier alpha value is 0.394. The standard InChI is InChI=1S/C5H17NSi2/c1-4-5(2)6(3)8-7/h5H,4,8H2,1-3,7H3. The zero-order valence-corrected chi connectivity index (χ0v) is 9.85. The van der Waals surface area contributed by atoms with Gasteiger partial charge in [0.25, 0.3) is 0 Å². The first kappa shape index (κ1) is 8.39. The van der Waals surface area contributed by atoms with Crippen LogP contribution in [0.2, 0.25) is 0 Å². The quantitative estimate of drug-likeness (QED) is 0.467. The number of rotatable bonds is 3. The molecule has 0 aliphatic heterocycles. The second kappa shape index (κ2) is 4.29. The highest BCUT2D eigenvalue weighted by Gasteiger charge is 2.01. The molecule has 50 valence electrons. The highest BCUT2D eigenvalue weighted by atomic mass is 29.1. The first-order valence-electron chi connectivity index (χ1n) is 3.42. The first-order valence-corrected chi connectivity index (χ1v) is 9.71. The van der Waals surface area contributed by atoms with Gasteiger partial charge in [-0.3, -0.25) is 0 Å². The summed E-state index contributed by atoms with van der Waals surface area (Å²) in [5, 5.41) is 0. The molecule has 0 bridgehead atoms. The fourth-order valence-corrected chi connectivity index (χ4v) is 3.37. The predicted molar refractivity (Wildman–Crippen MR) is 46.0 cm³/mol. The zero-order valence-electron chi connectivity index (χ0n) is 6.44. The van der Waals surface area contributed by atoms with E-state index in [1.165, 1.54) is 16.2 Å². The summed E-state index contributed by atoms with van der Waals surface area (Å²) in [6.07, 6.45) is 1.31. The lowest BCUT2D eigenvalue weighted by atomic mass is 10.3. The normalized spacial score (nSPS) is 16.5. The number of nitrogens with zero attached hydrogens (tertiary/aromatic N) is 1. The van der Waals surface area contributed by atoms with Gasteiger partial charge >= 0.3 is 0 Å². The molecular weight excluding hydrogens is 130 g/mol. The van der Waals surface area contributed by atoms with Crippen molar-refractivity contribution in [1.82, 2.24) is 4.57 Å². The lowest BCUT2D eigenvalue weighted by Gasteiger charge is -2.20. The fraction of sp³-hybridized carbons (Fsp3) is 1.00. The van der Waals surface area contributed by atoms with Gasteiger partial charge in [-0.1, -0.05) is 13.8 Å². The van der Waals surface area contributed by atoms with Crippen molar-refractivity contribution < 1.29 is 0 Å². The van der Waals surface area contributed by atoms with Crippen molar-refractivity contribution >= 4 is 19.0 Å². The minimum absolute atomic E-state index is 0.252. The Morgan fingerprint density at radius 3 is 2.38 bits per heavy atom. The molecule has 0 amide bonds. The van der Waals surface area contributed by atoms with Crippen LogP contribution in [0.5, 0.6) is 0 Å². The summed E-state index contributed by atoms with van der Waals surface area (Å²) in [5.74, 6) is 0. The largest absolute Gasteiger partial charge is 0.333 e. The maximum absolute atomic E-state index is 2.55. The average molecular weight is 147 g/mol. The molecule has 1 unspecified atom stereocenters. The van der Waals surface area contributed by atoms with Crippen molar-refractivity contribution in [2.75, 3.05) is 7.05 Å². The second-order valence-electron chi connectivity index (χ2n) is 2.33. The van der Waals surface area contributed by atoms with Gasteiger partial charge in [0.2, 0.25) is 0 Å². The van der Waals surface area contributed by atoms with E-state index in [1.54, 1.807) is 0 Å². The summed E-state index contributed by atoms with van der Waals surface area (Å²) in [5.41, 5.74) is 0. The number of hydrogen-bond acceptors (Lipinski definition) is 1. The van der Waals surface area contributed by atoms with Crippen LogP contribution in [-0.2, 0) is 0 Å². The van der Waals surface area contributed by atoms with Crippen molar-refractivity contribution in [3.05, 3.63) is 0 Å². The van der Waals surface area contributed by atoms with Crippen LogP contribution in [0.4, 0.5) is 0 Å². The molecule has 0 aliphatic carbocycles. The molecule has 0 saturated carbocycles. The van der Waals surface area contributed by atoms with Gasteiger partial charge in [0.05, 0.1) is 9.20 Å². The second-order valence-corrected chi connectivity index (χ2v) is 5.86. The summed E-state index contributed by atoms with van der Waals surface area (Å²) in [6, 6.07) is 0.846.